The maximum absolute atomic E-state index is 12.2. The molecule has 2 unspecified atom stereocenters. The lowest BCUT2D eigenvalue weighted by molar-refractivity contribution is -0.125. The summed E-state index contributed by atoms with van der Waals surface area (Å²) in [6.07, 6.45) is 5.12. The molecule has 1 aromatic rings. The van der Waals surface area contributed by atoms with Gasteiger partial charge in [0.15, 0.2) is 0 Å². The molecule has 1 amide bonds. The molecular weight excluding hydrogens is 264 g/mol. The summed E-state index contributed by atoms with van der Waals surface area (Å²) in [6.45, 7) is 5.80. The molecule has 2 saturated carbocycles. The highest BCUT2D eigenvalue weighted by atomic mass is 16.1. The Morgan fingerprint density at radius 3 is 2.76 bits per heavy atom. The van der Waals surface area contributed by atoms with E-state index in [-0.39, 0.29) is 23.3 Å². The van der Waals surface area contributed by atoms with E-state index in [0.717, 1.165) is 38.0 Å². The molecule has 3 rings (SSSR count). The van der Waals surface area contributed by atoms with E-state index < -0.39 is 0 Å². The molecule has 0 aliphatic heterocycles. The van der Waals surface area contributed by atoms with Gasteiger partial charge in [-0.1, -0.05) is 0 Å². The van der Waals surface area contributed by atoms with Crippen molar-refractivity contribution < 1.29 is 4.79 Å². The molecule has 5 nitrogen and oxygen atoms in total. The highest BCUT2D eigenvalue weighted by Gasteiger charge is 2.44. The zero-order valence-corrected chi connectivity index (χ0v) is 13.1. The largest absolute Gasteiger partial charge is 0.355 e. The van der Waals surface area contributed by atoms with E-state index in [9.17, 15) is 4.79 Å². The third-order valence-corrected chi connectivity index (χ3v) is 5.03. The summed E-state index contributed by atoms with van der Waals surface area (Å²) in [6, 6.07) is 2.32. The van der Waals surface area contributed by atoms with E-state index in [1.54, 1.807) is 0 Å². The monoisotopic (exact) mass is 290 g/mol. The first-order chi connectivity index (χ1) is 9.97. The number of rotatable bonds is 5. The Kier molecular flexibility index (Phi) is 3.78. The average molecular weight is 290 g/mol. The number of nitrogens with one attached hydrogen (secondary N) is 1. The summed E-state index contributed by atoms with van der Waals surface area (Å²) in [5.41, 5.74) is 8.37. The van der Waals surface area contributed by atoms with Crippen molar-refractivity contribution in [2.75, 3.05) is 6.54 Å². The summed E-state index contributed by atoms with van der Waals surface area (Å²) in [4.78, 5) is 12.2. The Morgan fingerprint density at radius 2 is 2.24 bits per heavy atom. The molecule has 0 radical (unpaired) electrons. The number of amides is 1. The van der Waals surface area contributed by atoms with Gasteiger partial charge in [-0.15, -0.1) is 0 Å². The summed E-state index contributed by atoms with van der Waals surface area (Å²) in [5.74, 6) is 0.326. The van der Waals surface area contributed by atoms with Crippen LogP contribution in [-0.2, 0) is 11.3 Å². The van der Waals surface area contributed by atoms with Gasteiger partial charge in [0.1, 0.15) is 0 Å². The van der Waals surface area contributed by atoms with E-state index in [2.05, 4.69) is 28.1 Å². The third kappa shape index (κ3) is 3.28. The van der Waals surface area contributed by atoms with E-state index in [1.165, 1.54) is 18.5 Å². The quantitative estimate of drug-likeness (QED) is 0.863. The number of hydrogen-bond acceptors (Lipinski definition) is 3. The van der Waals surface area contributed by atoms with Crippen molar-refractivity contribution in [2.45, 2.75) is 58.5 Å². The van der Waals surface area contributed by atoms with Crippen LogP contribution in [0.25, 0.3) is 0 Å². The first-order valence-electron chi connectivity index (χ1n) is 8.02. The number of aromatic nitrogens is 2. The molecule has 0 bridgehead atoms. The Hall–Kier alpha value is -1.36. The van der Waals surface area contributed by atoms with Crippen LogP contribution in [0.15, 0.2) is 6.07 Å². The highest BCUT2D eigenvalue weighted by Crippen LogP contribution is 2.46. The zero-order valence-electron chi connectivity index (χ0n) is 13.1. The van der Waals surface area contributed by atoms with Crippen molar-refractivity contribution in [1.82, 2.24) is 15.1 Å². The Bertz CT molecular complexity index is 532. The summed E-state index contributed by atoms with van der Waals surface area (Å²) >= 11 is 0. The van der Waals surface area contributed by atoms with Gasteiger partial charge >= 0.3 is 0 Å². The standard InChI is InChI=1S/C16H26N4O/c1-11-7-12(2)20(19-11)10-16(5-6-16)9-18-15(21)13-3-4-14(17)8-13/h7,13-14H,3-6,8-10,17H2,1-2H3,(H,18,21). The number of hydrogen-bond donors (Lipinski definition) is 2. The second-order valence-corrected chi connectivity index (χ2v) is 7.07. The predicted octanol–water partition coefficient (Wildman–Crippen LogP) is 1.52. The van der Waals surface area contributed by atoms with Crippen LogP contribution in [0.2, 0.25) is 0 Å². The van der Waals surface area contributed by atoms with E-state index in [4.69, 9.17) is 5.73 Å². The Balaban J connectivity index is 1.53. The van der Waals surface area contributed by atoms with Crippen molar-refractivity contribution >= 4 is 5.91 Å². The lowest BCUT2D eigenvalue weighted by Gasteiger charge is -2.19. The number of carbonyl (C=O) groups is 1. The summed E-state index contributed by atoms with van der Waals surface area (Å²) in [7, 11) is 0. The maximum Gasteiger partial charge on any atom is 0.223 e. The van der Waals surface area contributed by atoms with Crippen molar-refractivity contribution in [1.29, 1.82) is 0 Å². The second kappa shape index (κ2) is 5.44. The minimum absolute atomic E-state index is 0.129. The number of nitrogens with zero attached hydrogens (tertiary/aromatic N) is 2. The van der Waals surface area contributed by atoms with Crippen molar-refractivity contribution in [2.24, 2.45) is 17.1 Å². The van der Waals surface area contributed by atoms with Gasteiger partial charge in [-0.3, -0.25) is 9.48 Å². The van der Waals surface area contributed by atoms with E-state index in [0.29, 0.717) is 0 Å². The fraction of sp³-hybridized carbons (Fsp3) is 0.750. The number of carbonyl (C=O) groups excluding carboxylic acids is 1. The van der Waals surface area contributed by atoms with Gasteiger partial charge in [0.25, 0.3) is 0 Å². The lowest BCUT2D eigenvalue weighted by atomic mass is 10.0. The van der Waals surface area contributed by atoms with Crippen LogP contribution in [-0.4, -0.2) is 28.3 Å². The summed E-state index contributed by atoms with van der Waals surface area (Å²) in [5, 5.41) is 7.70. The van der Waals surface area contributed by atoms with Gasteiger partial charge in [0.2, 0.25) is 5.91 Å². The number of nitrogens with two attached hydrogens (primary N) is 1. The van der Waals surface area contributed by atoms with Crippen LogP contribution in [0.4, 0.5) is 0 Å². The molecule has 0 spiro atoms. The Morgan fingerprint density at radius 1 is 1.48 bits per heavy atom. The molecule has 2 fully saturated rings. The van der Waals surface area contributed by atoms with Gasteiger partial charge in [-0.2, -0.15) is 5.10 Å². The molecule has 21 heavy (non-hydrogen) atoms. The molecule has 0 aromatic carbocycles. The predicted molar refractivity (Wildman–Crippen MR) is 81.7 cm³/mol. The fourth-order valence-electron chi connectivity index (χ4n) is 3.39. The molecule has 0 saturated heterocycles. The van der Waals surface area contributed by atoms with Gasteiger partial charge in [0, 0.05) is 36.2 Å². The molecule has 2 aliphatic rings. The number of aryl methyl sites for hydroxylation is 2. The van der Waals surface area contributed by atoms with Gasteiger partial charge in [-0.25, -0.2) is 0 Å². The average Bonchev–Trinajstić information content (AvgIpc) is 2.93. The zero-order chi connectivity index (χ0) is 15.0. The van der Waals surface area contributed by atoms with Crippen LogP contribution in [0.3, 0.4) is 0 Å². The SMILES string of the molecule is Cc1cc(C)n(CC2(CNC(=O)C3CCC(N)C3)CC2)n1. The normalized spacial score (nSPS) is 26.8. The minimum atomic E-state index is 0.129. The van der Waals surface area contributed by atoms with Crippen molar-refractivity contribution in [3.05, 3.63) is 17.5 Å². The topological polar surface area (TPSA) is 72.9 Å². The van der Waals surface area contributed by atoms with Crippen LogP contribution in [0.1, 0.15) is 43.5 Å². The van der Waals surface area contributed by atoms with Gasteiger partial charge < -0.3 is 11.1 Å². The van der Waals surface area contributed by atoms with Gasteiger partial charge in [0.05, 0.1) is 5.69 Å². The fourth-order valence-corrected chi connectivity index (χ4v) is 3.39. The highest BCUT2D eigenvalue weighted by molar-refractivity contribution is 5.79. The van der Waals surface area contributed by atoms with E-state index >= 15 is 0 Å². The second-order valence-electron chi connectivity index (χ2n) is 7.07. The molecule has 3 N–H and O–H groups in total. The summed E-state index contributed by atoms with van der Waals surface area (Å²) < 4.78 is 2.08. The molecule has 1 aromatic heterocycles. The molecule has 116 valence electrons. The molecule has 2 atom stereocenters. The van der Waals surface area contributed by atoms with Gasteiger partial charge in [-0.05, 0) is 52.0 Å². The minimum Gasteiger partial charge on any atom is -0.355 e. The molecule has 2 aliphatic carbocycles. The smallest absolute Gasteiger partial charge is 0.223 e. The lowest BCUT2D eigenvalue weighted by Crippen LogP contribution is -2.36. The van der Waals surface area contributed by atoms with Crippen LogP contribution in [0, 0.1) is 25.2 Å². The van der Waals surface area contributed by atoms with E-state index in [1.807, 2.05) is 6.92 Å². The maximum atomic E-state index is 12.2. The molecular formula is C16H26N4O. The van der Waals surface area contributed by atoms with Crippen molar-refractivity contribution in [3.63, 3.8) is 0 Å². The van der Waals surface area contributed by atoms with Crippen LogP contribution < -0.4 is 11.1 Å². The first kappa shape index (κ1) is 14.6. The molecule has 5 heteroatoms. The van der Waals surface area contributed by atoms with Crippen LogP contribution >= 0.6 is 0 Å². The molecule has 1 heterocycles. The van der Waals surface area contributed by atoms with Crippen molar-refractivity contribution in [3.8, 4) is 0 Å². The Labute approximate surface area is 126 Å². The third-order valence-electron chi connectivity index (χ3n) is 5.03. The van der Waals surface area contributed by atoms with Crippen LogP contribution in [0.5, 0.6) is 0 Å². The first-order valence-corrected chi connectivity index (χ1v) is 8.02.